The quantitative estimate of drug-likeness (QED) is 0.912. The summed E-state index contributed by atoms with van der Waals surface area (Å²) in [6.07, 6.45) is 1.41. The van der Waals surface area contributed by atoms with Gasteiger partial charge in [-0.25, -0.2) is 13.4 Å². The molecule has 2 aromatic rings. The Bertz CT molecular complexity index is 750. The van der Waals surface area contributed by atoms with Crippen molar-refractivity contribution >= 4 is 27.4 Å². The first-order valence-corrected chi connectivity index (χ1v) is 7.69. The van der Waals surface area contributed by atoms with Crippen LogP contribution in [-0.4, -0.2) is 27.6 Å². The molecule has 1 N–H and O–H groups in total. The molecule has 1 heterocycles. The van der Waals surface area contributed by atoms with E-state index in [1.807, 2.05) is 0 Å². The first-order valence-electron chi connectivity index (χ1n) is 5.82. The van der Waals surface area contributed by atoms with E-state index in [2.05, 4.69) is 9.71 Å². The van der Waals surface area contributed by atoms with E-state index in [1.165, 1.54) is 38.6 Å². The van der Waals surface area contributed by atoms with Gasteiger partial charge in [0.25, 0.3) is 10.0 Å². The largest absolute Gasteiger partial charge is 0.497 e. The van der Waals surface area contributed by atoms with Gasteiger partial charge in [0.05, 0.1) is 14.2 Å². The van der Waals surface area contributed by atoms with Crippen LogP contribution in [0.3, 0.4) is 0 Å². The smallest absolute Gasteiger partial charge is 0.266 e. The Morgan fingerprint density at radius 2 is 1.90 bits per heavy atom. The number of hydrogen-bond donors (Lipinski definition) is 1. The van der Waals surface area contributed by atoms with Crippen molar-refractivity contribution in [1.29, 1.82) is 0 Å². The van der Waals surface area contributed by atoms with Crippen molar-refractivity contribution in [2.75, 3.05) is 18.9 Å². The van der Waals surface area contributed by atoms with Crippen LogP contribution in [0.1, 0.15) is 0 Å². The Hall–Kier alpha value is -1.99. The molecule has 0 radical (unpaired) electrons. The van der Waals surface area contributed by atoms with Crippen LogP contribution in [0, 0.1) is 0 Å². The number of sulfonamides is 1. The normalized spacial score (nSPS) is 11.0. The average molecular weight is 329 g/mol. The number of nitrogens with one attached hydrogen (secondary N) is 1. The highest BCUT2D eigenvalue weighted by molar-refractivity contribution is 7.92. The van der Waals surface area contributed by atoms with Crippen LogP contribution in [0.4, 0.5) is 5.82 Å². The minimum Gasteiger partial charge on any atom is -0.497 e. The highest BCUT2D eigenvalue weighted by Gasteiger charge is 2.21. The molecule has 0 spiro atoms. The van der Waals surface area contributed by atoms with Crippen molar-refractivity contribution in [3.8, 4) is 11.5 Å². The molecule has 0 bridgehead atoms. The van der Waals surface area contributed by atoms with Crippen molar-refractivity contribution in [2.24, 2.45) is 0 Å². The van der Waals surface area contributed by atoms with Crippen LogP contribution < -0.4 is 14.2 Å². The molecule has 0 unspecified atom stereocenters. The number of methoxy groups -OCH3 is 2. The lowest BCUT2D eigenvalue weighted by Gasteiger charge is -2.12. The predicted molar refractivity (Wildman–Crippen MR) is 79.6 cm³/mol. The van der Waals surface area contributed by atoms with E-state index in [0.29, 0.717) is 10.8 Å². The Labute approximate surface area is 127 Å². The van der Waals surface area contributed by atoms with Crippen LogP contribution in [0.25, 0.3) is 0 Å². The van der Waals surface area contributed by atoms with Crippen molar-refractivity contribution in [2.45, 2.75) is 4.90 Å². The molecule has 8 heteroatoms. The van der Waals surface area contributed by atoms with E-state index >= 15 is 0 Å². The fraction of sp³-hybridized carbons (Fsp3) is 0.154. The van der Waals surface area contributed by atoms with Gasteiger partial charge in [-0.3, -0.25) is 4.72 Å². The highest BCUT2D eigenvalue weighted by Crippen LogP contribution is 2.29. The minimum atomic E-state index is -3.88. The average Bonchev–Trinajstić information content (AvgIpc) is 2.46. The first-order chi connectivity index (χ1) is 9.96. The molecule has 6 nitrogen and oxygen atoms in total. The first kappa shape index (κ1) is 15.4. The number of anilines is 1. The second-order valence-corrected chi connectivity index (χ2v) is 6.07. The fourth-order valence-corrected chi connectivity index (χ4v) is 2.99. The summed E-state index contributed by atoms with van der Waals surface area (Å²) in [7, 11) is -1.05. The van der Waals surface area contributed by atoms with E-state index < -0.39 is 10.0 Å². The third-order valence-corrected chi connectivity index (χ3v) is 4.23. The Morgan fingerprint density at radius 3 is 2.52 bits per heavy atom. The van der Waals surface area contributed by atoms with Gasteiger partial charge < -0.3 is 9.47 Å². The van der Waals surface area contributed by atoms with E-state index in [4.69, 9.17) is 21.1 Å². The lowest BCUT2D eigenvalue weighted by Crippen LogP contribution is -2.15. The number of benzene rings is 1. The maximum absolute atomic E-state index is 12.4. The van der Waals surface area contributed by atoms with Crippen molar-refractivity contribution in [3.63, 3.8) is 0 Å². The lowest BCUT2D eigenvalue weighted by atomic mass is 10.3. The third kappa shape index (κ3) is 3.56. The number of nitrogens with zero attached hydrogens (tertiary/aromatic N) is 1. The predicted octanol–water partition coefficient (Wildman–Crippen LogP) is 2.55. The molecule has 0 atom stereocenters. The molecule has 0 saturated heterocycles. The van der Waals surface area contributed by atoms with Crippen LogP contribution in [-0.2, 0) is 10.0 Å². The SMILES string of the molecule is COc1ccc(OC)c(S(=O)(=O)Nc2cc(Cl)ccn2)c1. The Kier molecular flexibility index (Phi) is 4.54. The van der Waals surface area contributed by atoms with Gasteiger partial charge in [-0.2, -0.15) is 0 Å². The van der Waals surface area contributed by atoms with Crippen LogP contribution >= 0.6 is 11.6 Å². The van der Waals surface area contributed by atoms with Crippen LogP contribution in [0.5, 0.6) is 11.5 Å². The maximum Gasteiger partial charge on any atom is 0.266 e. The topological polar surface area (TPSA) is 77.5 Å². The molecule has 21 heavy (non-hydrogen) atoms. The number of aromatic nitrogens is 1. The molecule has 1 aromatic carbocycles. The summed E-state index contributed by atoms with van der Waals surface area (Å²) in [4.78, 5) is 3.85. The Balaban J connectivity index is 2.43. The third-order valence-electron chi connectivity index (χ3n) is 2.62. The van der Waals surface area contributed by atoms with Gasteiger partial charge in [-0.1, -0.05) is 11.6 Å². The van der Waals surface area contributed by atoms with Crippen LogP contribution in [0.15, 0.2) is 41.4 Å². The van der Waals surface area contributed by atoms with Gasteiger partial charge in [0.2, 0.25) is 0 Å². The van der Waals surface area contributed by atoms with Crippen molar-refractivity contribution in [3.05, 3.63) is 41.6 Å². The summed E-state index contributed by atoms with van der Waals surface area (Å²) in [5.41, 5.74) is 0. The van der Waals surface area contributed by atoms with Crippen molar-refractivity contribution < 1.29 is 17.9 Å². The van der Waals surface area contributed by atoms with Gasteiger partial charge >= 0.3 is 0 Å². The number of pyridine rings is 1. The monoisotopic (exact) mass is 328 g/mol. The summed E-state index contributed by atoms with van der Waals surface area (Å²) in [6.45, 7) is 0. The molecule has 0 amide bonds. The molecule has 2 rings (SSSR count). The summed E-state index contributed by atoms with van der Waals surface area (Å²) in [5.74, 6) is 0.716. The van der Waals surface area contributed by atoms with Crippen molar-refractivity contribution in [1.82, 2.24) is 4.98 Å². The summed E-state index contributed by atoms with van der Waals surface area (Å²) >= 11 is 5.81. The highest BCUT2D eigenvalue weighted by atomic mass is 35.5. The van der Waals surface area contributed by atoms with Gasteiger partial charge in [0.1, 0.15) is 22.2 Å². The van der Waals surface area contributed by atoms with Gasteiger partial charge in [-0.05, 0) is 18.2 Å². The zero-order valence-electron chi connectivity index (χ0n) is 11.3. The molecule has 112 valence electrons. The zero-order chi connectivity index (χ0) is 15.5. The van der Waals surface area contributed by atoms with Gasteiger partial charge in [0, 0.05) is 23.4 Å². The summed E-state index contributed by atoms with van der Waals surface area (Å²) in [6, 6.07) is 7.44. The van der Waals surface area contributed by atoms with Gasteiger partial charge in [0.15, 0.2) is 0 Å². The van der Waals surface area contributed by atoms with E-state index in [0.717, 1.165) is 0 Å². The van der Waals surface area contributed by atoms with E-state index in [9.17, 15) is 8.42 Å². The number of ether oxygens (including phenoxy) is 2. The van der Waals surface area contributed by atoms with E-state index in [1.54, 1.807) is 12.1 Å². The Morgan fingerprint density at radius 1 is 1.14 bits per heavy atom. The van der Waals surface area contributed by atoms with Crippen LogP contribution in [0.2, 0.25) is 5.02 Å². The van der Waals surface area contributed by atoms with E-state index in [-0.39, 0.29) is 16.5 Å². The summed E-state index contributed by atoms with van der Waals surface area (Å²) < 4.78 is 37.3. The van der Waals surface area contributed by atoms with Gasteiger partial charge in [-0.15, -0.1) is 0 Å². The standard InChI is InChI=1S/C13H13ClN2O4S/c1-19-10-3-4-11(20-2)12(8-10)21(17,18)16-13-7-9(14)5-6-15-13/h3-8H,1-2H3,(H,15,16). The number of halogens is 1. The molecule has 0 saturated carbocycles. The molecule has 0 aliphatic carbocycles. The molecule has 0 aliphatic rings. The second kappa shape index (κ2) is 6.19. The molecule has 0 aliphatic heterocycles. The number of rotatable bonds is 5. The molecule has 1 aromatic heterocycles. The fourth-order valence-electron chi connectivity index (χ4n) is 1.65. The summed E-state index contributed by atoms with van der Waals surface area (Å²) in [5, 5.41) is 0.375. The molecule has 0 fully saturated rings. The number of hydrogen-bond acceptors (Lipinski definition) is 5. The minimum absolute atomic E-state index is 0.0499. The zero-order valence-corrected chi connectivity index (χ0v) is 12.9. The lowest BCUT2D eigenvalue weighted by molar-refractivity contribution is 0.392. The second-order valence-electron chi connectivity index (χ2n) is 3.98. The molecular weight excluding hydrogens is 316 g/mol. The maximum atomic E-state index is 12.4. The molecular formula is C13H13ClN2O4S.